The number of amides is 1. The minimum absolute atomic E-state index is 0.0416. The first kappa shape index (κ1) is 17.5. The number of hydrogen-bond acceptors (Lipinski definition) is 3. The highest BCUT2D eigenvalue weighted by Gasteiger charge is 2.24. The number of hydrogen-bond donors (Lipinski definition) is 2. The number of nitrogens with zero attached hydrogens (tertiary/aromatic N) is 1. The number of phenolic OH excluding ortho intramolecular Hbond substituents is 1. The van der Waals surface area contributed by atoms with Crippen molar-refractivity contribution >= 4 is 5.91 Å². The molecule has 1 amide bonds. The van der Waals surface area contributed by atoms with E-state index in [0.29, 0.717) is 5.56 Å². The molecule has 1 unspecified atom stereocenters. The van der Waals surface area contributed by atoms with Crippen molar-refractivity contribution in [2.75, 3.05) is 19.6 Å². The zero-order chi connectivity index (χ0) is 17.6. The van der Waals surface area contributed by atoms with Crippen LogP contribution in [0, 0.1) is 0 Å². The van der Waals surface area contributed by atoms with Crippen LogP contribution < -0.4 is 5.32 Å². The van der Waals surface area contributed by atoms with Crippen LogP contribution >= 0.6 is 0 Å². The third-order valence-electron chi connectivity index (χ3n) is 4.95. The van der Waals surface area contributed by atoms with Gasteiger partial charge in [-0.25, -0.2) is 0 Å². The third kappa shape index (κ3) is 4.40. The summed E-state index contributed by atoms with van der Waals surface area (Å²) >= 11 is 0. The van der Waals surface area contributed by atoms with E-state index in [0.717, 1.165) is 25.2 Å². The Balaban J connectivity index is 1.74. The first-order valence-electron chi connectivity index (χ1n) is 9.00. The van der Waals surface area contributed by atoms with Crippen LogP contribution in [0.1, 0.15) is 42.9 Å². The molecule has 2 atom stereocenters. The summed E-state index contributed by atoms with van der Waals surface area (Å²) in [7, 11) is 0. The smallest absolute Gasteiger partial charge is 0.227 e. The van der Waals surface area contributed by atoms with E-state index in [1.54, 1.807) is 18.2 Å². The number of carbonyl (C=O) groups excluding carboxylic acids is 1. The quantitative estimate of drug-likeness (QED) is 0.848. The molecule has 0 radical (unpaired) electrons. The van der Waals surface area contributed by atoms with E-state index < -0.39 is 5.92 Å². The summed E-state index contributed by atoms with van der Waals surface area (Å²) < 4.78 is 0. The number of phenols is 1. The molecule has 1 fully saturated rings. The van der Waals surface area contributed by atoms with Crippen molar-refractivity contribution in [1.82, 2.24) is 10.2 Å². The van der Waals surface area contributed by atoms with Crippen molar-refractivity contribution in [2.24, 2.45) is 0 Å². The second-order valence-electron chi connectivity index (χ2n) is 6.76. The molecule has 4 nitrogen and oxygen atoms in total. The van der Waals surface area contributed by atoms with Gasteiger partial charge in [0.05, 0.1) is 12.0 Å². The SMILES string of the molecule is CC(C(=O)N[C@H](CN1CCCC1)c1ccccc1)c1ccccc1O. The fourth-order valence-electron chi connectivity index (χ4n) is 3.43. The monoisotopic (exact) mass is 338 g/mol. The fraction of sp³-hybridized carbons (Fsp3) is 0.381. The van der Waals surface area contributed by atoms with Crippen LogP contribution in [0.25, 0.3) is 0 Å². The van der Waals surface area contributed by atoms with Crippen molar-refractivity contribution in [3.63, 3.8) is 0 Å². The molecule has 1 aliphatic rings. The number of para-hydroxylation sites is 1. The van der Waals surface area contributed by atoms with Crippen LogP contribution in [0.3, 0.4) is 0 Å². The molecule has 0 aliphatic carbocycles. The summed E-state index contributed by atoms with van der Waals surface area (Å²) in [5, 5.41) is 13.2. The Morgan fingerprint density at radius 1 is 1.08 bits per heavy atom. The molecule has 2 aromatic rings. The maximum absolute atomic E-state index is 12.8. The topological polar surface area (TPSA) is 52.6 Å². The van der Waals surface area contributed by atoms with E-state index in [9.17, 15) is 9.90 Å². The lowest BCUT2D eigenvalue weighted by Gasteiger charge is -2.26. The third-order valence-corrected chi connectivity index (χ3v) is 4.95. The second kappa shape index (κ2) is 8.17. The average molecular weight is 338 g/mol. The van der Waals surface area contributed by atoms with Gasteiger partial charge >= 0.3 is 0 Å². The Labute approximate surface area is 149 Å². The number of carbonyl (C=O) groups is 1. The predicted molar refractivity (Wildman–Crippen MR) is 99.5 cm³/mol. The molecule has 4 heteroatoms. The van der Waals surface area contributed by atoms with Gasteiger partial charge < -0.3 is 15.3 Å². The van der Waals surface area contributed by atoms with Crippen molar-refractivity contribution in [3.8, 4) is 5.75 Å². The van der Waals surface area contributed by atoms with Gasteiger partial charge in [0.2, 0.25) is 5.91 Å². The normalized spacial score (nSPS) is 17.2. The average Bonchev–Trinajstić information content (AvgIpc) is 3.15. The molecule has 2 N–H and O–H groups in total. The minimum atomic E-state index is -0.397. The van der Waals surface area contributed by atoms with Gasteiger partial charge in [0.15, 0.2) is 0 Å². The highest BCUT2D eigenvalue weighted by Crippen LogP contribution is 2.26. The molecule has 0 aromatic heterocycles. The predicted octanol–water partition coefficient (Wildman–Crippen LogP) is 3.45. The summed E-state index contributed by atoms with van der Waals surface area (Å²) in [6, 6.07) is 17.1. The van der Waals surface area contributed by atoms with E-state index in [1.165, 1.54) is 12.8 Å². The van der Waals surface area contributed by atoms with Crippen molar-refractivity contribution in [1.29, 1.82) is 0 Å². The molecule has 132 valence electrons. The Morgan fingerprint density at radius 2 is 1.72 bits per heavy atom. The Morgan fingerprint density at radius 3 is 2.40 bits per heavy atom. The van der Waals surface area contributed by atoms with E-state index in [2.05, 4.69) is 22.3 Å². The zero-order valence-corrected chi connectivity index (χ0v) is 14.7. The summed E-state index contributed by atoms with van der Waals surface area (Å²) in [5.74, 6) is -0.290. The molecular formula is C21H26N2O2. The number of benzene rings is 2. The zero-order valence-electron chi connectivity index (χ0n) is 14.7. The molecule has 0 bridgehead atoms. The molecule has 1 aliphatic heterocycles. The van der Waals surface area contributed by atoms with Crippen LogP contribution in [0.5, 0.6) is 5.75 Å². The summed E-state index contributed by atoms with van der Waals surface area (Å²) in [5.41, 5.74) is 1.78. The van der Waals surface area contributed by atoms with Crippen molar-refractivity contribution in [2.45, 2.75) is 31.7 Å². The molecule has 1 heterocycles. The maximum atomic E-state index is 12.8. The van der Waals surface area contributed by atoms with Gasteiger partial charge in [-0.3, -0.25) is 4.79 Å². The molecule has 2 aromatic carbocycles. The molecular weight excluding hydrogens is 312 g/mol. The van der Waals surface area contributed by atoms with Gasteiger partial charge in [-0.05, 0) is 44.5 Å². The Bertz CT molecular complexity index is 696. The van der Waals surface area contributed by atoms with E-state index >= 15 is 0 Å². The van der Waals surface area contributed by atoms with Crippen LogP contribution in [-0.4, -0.2) is 35.5 Å². The summed E-state index contributed by atoms with van der Waals surface area (Å²) in [6.07, 6.45) is 2.45. The number of aromatic hydroxyl groups is 1. The van der Waals surface area contributed by atoms with Crippen LogP contribution in [0.2, 0.25) is 0 Å². The molecule has 0 spiro atoms. The Kier molecular flexibility index (Phi) is 5.71. The van der Waals surface area contributed by atoms with Gasteiger partial charge in [0.25, 0.3) is 0 Å². The number of likely N-dealkylation sites (tertiary alicyclic amines) is 1. The maximum Gasteiger partial charge on any atom is 0.227 e. The van der Waals surface area contributed by atoms with Gasteiger partial charge in [-0.2, -0.15) is 0 Å². The largest absolute Gasteiger partial charge is 0.508 e. The van der Waals surface area contributed by atoms with Crippen molar-refractivity contribution in [3.05, 3.63) is 65.7 Å². The van der Waals surface area contributed by atoms with Crippen LogP contribution in [0.4, 0.5) is 0 Å². The highest BCUT2D eigenvalue weighted by atomic mass is 16.3. The second-order valence-corrected chi connectivity index (χ2v) is 6.76. The highest BCUT2D eigenvalue weighted by molar-refractivity contribution is 5.84. The Hall–Kier alpha value is -2.33. The lowest BCUT2D eigenvalue weighted by atomic mass is 9.98. The first-order valence-corrected chi connectivity index (χ1v) is 9.00. The van der Waals surface area contributed by atoms with Gasteiger partial charge in [0.1, 0.15) is 5.75 Å². The molecule has 1 saturated heterocycles. The standard InChI is InChI=1S/C21H26N2O2/c1-16(18-11-5-6-12-20(18)24)21(25)22-19(15-23-13-7-8-14-23)17-9-3-2-4-10-17/h2-6,9-12,16,19,24H,7-8,13-15H2,1H3,(H,22,25)/t16?,19-/m1/s1. The molecule has 25 heavy (non-hydrogen) atoms. The number of rotatable bonds is 6. The molecule has 3 rings (SSSR count). The van der Waals surface area contributed by atoms with Gasteiger partial charge in [-0.15, -0.1) is 0 Å². The lowest BCUT2D eigenvalue weighted by Crippen LogP contribution is -2.38. The number of nitrogens with one attached hydrogen (secondary N) is 1. The van der Waals surface area contributed by atoms with Gasteiger partial charge in [0, 0.05) is 12.1 Å². The van der Waals surface area contributed by atoms with Gasteiger partial charge in [-0.1, -0.05) is 48.5 Å². The molecule has 0 saturated carbocycles. The van der Waals surface area contributed by atoms with Crippen LogP contribution in [0.15, 0.2) is 54.6 Å². The van der Waals surface area contributed by atoms with E-state index in [-0.39, 0.29) is 17.7 Å². The minimum Gasteiger partial charge on any atom is -0.508 e. The van der Waals surface area contributed by atoms with E-state index in [1.807, 2.05) is 31.2 Å². The van der Waals surface area contributed by atoms with Crippen LogP contribution in [-0.2, 0) is 4.79 Å². The van der Waals surface area contributed by atoms with E-state index in [4.69, 9.17) is 0 Å². The fourth-order valence-corrected chi connectivity index (χ4v) is 3.43. The van der Waals surface area contributed by atoms with Crippen molar-refractivity contribution < 1.29 is 9.90 Å². The first-order chi connectivity index (χ1) is 12.1. The summed E-state index contributed by atoms with van der Waals surface area (Å²) in [4.78, 5) is 15.2. The summed E-state index contributed by atoms with van der Waals surface area (Å²) in [6.45, 7) is 4.84. The lowest BCUT2D eigenvalue weighted by molar-refractivity contribution is -0.123.